The topological polar surface area (TPSA) is 63.1 Å². The van der Waals surface area contributed by atoms with Crippen molar-refractivity contribution >= 4 is 34.5 Å². The molecule has 6 heteroatoms. The van der Waals surface area contributed by atoms with Gasteiger partial charge in [-0.05, 0) is 37.3 Å². The minimum atomic E-state index is -0.236. The molecule has 5 nitrogen and oxygen atoms in total. The molecule has 1 saturated heterocycles. The van der Waals surface area contributed by atoms with Crippen molar-refractivity contribution in [3.8, 4) is 0 Å². The Morgan fingerprint density at radius 2 is 1.96 bits per heavy atom. The van der Waals surface area contributed by atoms with Gasteiger partial charge in [-0.1, -0.05) is 11.6 Å². The van der Waals surface area contributed by atoms with Crippen molar-refractivity contribution < 1.29 is 9.69 Å². The van der Waals surface area contributed by atoms with E-state index >= 15 is 0 Å². The van der Waals surface area contributed by atoms with E-state index in [9.17, 15) is 4.79 Å². The average molecular weight is 360 g/mol. The molecule has 3 rings (SSSR count). The SMILES string of the molecule is CC1=CC(=Nc2ccc(N3CCC([NH+](C)C)C3)cc2)C(N)=C(Cl)C1=O. The van der Waals surface area contributed by atoms with Crippen LogP contribution >= 0.6 is 11.6 Å². The third kappa shape index (κ3) is 3.62. The Hall–Kier alpha value is -2.11. The molecule has 1 aromatic carbocycles. The summed E-state index contributed by atoms with van der Waals surface area (Å²) in [5.74, 6) is -0.236. The van der Waals surface area contributed by atoms with Crippen molar-refractivity contribution in [3.63, 3.8) is 0 Å². The van der Waals surface area contributed by atoms with Gasteiger partial charge in [-0.2, -0.15) is 0 Å². The van der Waals surface area contributed by atoms with Crippen molar-refractivity contribution in [1.29, 1.82) is 0 Å². The summed E-state index contributed by atoms with van der Waals surface area (Å²) in [4.78, 5) is 20.2. The van der Waals surface area contributed by atoms with E-state index in [2.05, 4.69) is 36.1 Å². The van der Waals surface area contributed by atoms with E-state index in [-0.39, 0.29) is 16.5 Å². The van der Waals surface area contributed by atoms with Crippen LogP contribution in [0, 0.1) is 0 Å². The number of allylic oxidation sites excluding steroid dienone is 3. The van der Waals surface area contributed by atoms with Gasteiger partial charge in [0.1, 0.15) is 11.1 Å². The fourth-order valence-corrected chi connectivity index (χ4v) is 3.44. The van der Waals surface area contributed by atoms with Crippen molar-refractivity contribution in [2.75, 3.05) is 32.1 Å². The largest absolute Gasteiger partial charge is 0.396 e. The molecule has 0 aromatic heterocycles. The number of ketones is 1. The Morgan fingerprint density at radius 1 is 1.28 bits per heavy atom. The summed E-state index contributed by atoms with van der Waals surface area (Å²) >= 11 is 6.00. The number of hydrogen-bond donors (Lipinski definition) is 2. The van der Waals surface area contributed by atoms with Crippen molar-refractivity contribution in [3.05, 3.63) is 46.6 Å². The lowest BCUT2D eigenvalue weighted by Crippen LogP contribution is -3.10. The predicted molar refractivity (Wildman–Crippen MR) is 103 cm³/mol. The second kappa shape index (κ2) is 7.02. The summed E-state index contributed by atoms with van der Waals surface area (Å²) in [6, 6.07) is 8.79. The number of carbonyl (C=O) groups excluding carboxylic acids is 1. The zero-order valence-electron chi connectivity index (χ0n) is 14.8. The van der Waals surface area contributed by atoms with Crippen LogP contribution in [-0.2, 0) is 4.79 Å². The number of likely N-dealkylation sites (N-methyl/N-ethyl adjacent to an activating group) is 1. The van der Waals surface area contributed by atoms with Crippen LogP contribution in [-0.4, -0.2) is 44.7 Å². The number of benzene rings is 1. The molecule has 1 aromatic rings. The lowest BCUT2D eigenvalue weighted by Gasteiger charge is -2.20. The van der Waals surface area contributed by atoms with E-state index in [1.54, 1.807) is 13.0 Å². The van der Waals surface area contributed by atoms with E-state index < -0.39 is 0 Å². The third-order valence-electron chi connectivity index (χ3n) is 4.89. The van der Waals surface area contributed by atoms with Gasteiger partial charge in [0.2, 0.25) is 5.78 Å². The van der Waals surface area contributed by atoms with E-state index in [1.807, 2.05) is 12.1 Å². The number of carbonyl (C=O) groups is 1. The molecule has 3 N–H and O–H groups in total. The van der Waals surface area contributed by atoms with Gasteiger partial charge in [0.15, 0.2) is 0 Å². The highest BCUT2D eigenvalue weighted by Gasteiger charge is 2.27. The van der Waals surface area contributed by atoms with Crippen molar-refractivity contribution in [2.45, 2.75) is 19.4 Å². The number of hydrogen-bond acceptors (Lipinski definition) is 4. The average Bonchev–Trinajstić information content (AvgIpc) is 3.09. The summed E-state index contributed by atoms with van der Waals surface area (Å²) in [5, 5.41) is 0.0460. The zero-order valence-corrected chi connectivity index (χ0v) is 15.6. The van der Waals surface area contributed by atoms with E-state index in [4.69, 9.17) is 17.3 Å². The molecule has 0 radical (unpaired) electrons. The Balaban J connectivity index is 1.79. The van der Waals surface area contributed by atoms with Gasteiger partial charge in [-0.3, -0.25) is 4.79 Å². The second-order valence-corrected chi connectivity index (χ2v) is 7.28. The smallest absolute Gasteiger partial charge is 0.202 e. The number of halogens is 1. The molecule has 2 aliphatic rings. The van der Waals surface area contributed by atoms with Crippen molar-refractivity contribution in [2.24, 2.45) is 10.7 Å². The Bertz CT molecular complexity index is 777. The predicted octanol–water partition coefficient (Wildman–Crippen LogP) is 1.42. The zero-order chi connectivity index (χ0) is 18.1. The first kappa shape index (κ1) is 17.7. The number of quaternary nitrogens is 1. The van der Waals surface area contributed by atoms with Gasteiger partial charge in [-0.25, -0.2) is 4.99 Å². The van der Waals surface area contributed by atoms with Gasteiger partial charge in [0.25, 0.3) is 0 Å². The van der Waals surface area contributed by atoms with Crippen LogP contribution in [0.2, 0.25) is 0 Å². The summed E-state index contributed by atoms with van der Waals surface area (Å²) in [7, 11) is 4.42. The summed E-state index contributed by atoms with van der Waals surface area (Å²) < 4.78 is 0. The lowest BCUT2D eigenvalue weighted by atomic mass is 10.0. The number of nitrogens with zero attached hydrogens (tertiary/aromatic N) is 2. The lowest BCUT2D eigenvalue weighted by molar-refractivity contribution is -0.882. The number of nitrogens with one attached hydrogen (secondary N) is 1. The molecule has 0 bridgehead atoms. The number of nitrogens with two attached hydrogens (primary N) is 1. The molecule has 0 amide bonds. The number of aliphatic imine (C=N–C) groups is 1. The highest BCUT2D eigenvalue weighted by Crippen LogP contribution is 2.25. The highest BCUT2D eigenvalue weighted by molar-refractivity contribution is 6.49. The minimum absolute atomic E-state index is 0.0460. The molecule has 0 spiro atoms. The maximum Gasteiger partial charge on any atom is 0.202 e. The first-order chi connectivity index (χ1) is 11.9. The quantitative estimate of drug-likeness (QED) is 0.802. The number of Topliss-reactive ketones (excluding diaryl/α,β-unsaturated/α-hetero) is 1. The van der Waals surface area contributed by atoms with Gasteiger partial charge in [0, 0.05) is 24.2 Å². The molecule has 1 aliphatic carbocycles. The summed E-state index contributed by atoms with van der Waals surface area (Å²) in [6.07, 6.45) is 2.90. The second-order valence-electron chi connectivity index (χ2n) is 6.91. The maximum atomic E-state index is 11.8. The minimum Gasteiger partial charge on any atom is -0.396 e. The van der Waals surface area contributed by atoms with Gasteiger partial charge in [0.05, 0.1) is 37.7 Å². The number of rotatable bonds is 3. The Labute approximate surface area is 153 Å². The monoisotopic (exact) mass is 359 g/mol. The highest BCUT2D eigenvalue weighted by atomic mass is 35.5. The van der Waals surface area contributed by atoms with Gasteiger partial charge >= 0.3 is 0 Å². The van der Waals surface area contributed by atoms with Crippen LogP contribution in [0.15, 0.2) is 51.6 Å². The van der Waals surface area contributed by atoms with Crippen LogP contribution in [0.1, 0.15) is 13.3 Å². The molecular weight excluding hydrogens is 336 g/mol. The molecule has 1 fully saturated rings. The molecule has 132 valence electrons. The van der Waals surface area contributed by atoms with Crippen LogP contribution in [0.4, 0.5) is 11.4 Å². The molecule has 1 unspecified atom stereocenters. The van der Waals surface area contributed by atoms with E-state index in [1.165, 1.54) is 17.0 Å². The van der Waals surface area contributed by atoms with E-state index in [0.717, 1.165) is 18.8 Å². The Morgan fingerprint density at radius 3 is 2.56 bits per heavy atom. The van der Waals surface area contributed by atoms with Gasteiger partial charge in [-0.15, -0.1) is 0 Å². The fraction of sp³-hybridized carbons (Fsp3) is 0.368. The first-order valence-electron chi connectivity index (χ1n) is 8.49. The maximum absolute atomic E-state index is 11.8. The van der Waals surface area contributed by atoms with Crippen LogP contribution in [0.5, 0.6) is 0 Å². The van der Waals surface area contributed by atoms with Crippen molar-refractivity contribution in [1.82, 2.24) is 0 Å². The van der Waals surface area contributed by atoms with Crippen LogP contribution in [0.25, 0.3) is 0 Å². The molecule has 1 aliphatic heterocycles. The third-order valence-corrected chi connectivity index (χ3v) is 5.27. The molecule has 0 saturated carbocycles. The van der Waals surface area contributed by atoms with E-state index in [0.29, 0.717) is 17.3 Å². The van der Waals surface area contributed by atoms with Crippen LogP contribution in [0.3, 0.4) is 0 Å². The molecular formula is C19H24ClN4O+. The standard InChI is InChI=1S/C19H23ClN4O/c1-12-10-16(18(21)17(20)19(12)25)22-13-4-6-14(7-5-13)24-9-8-15(11-24)23(2)3/h4-7,10,15H,8-9,11,21H2,1-3H3/p+1. The fourth-order valence-electron chi connectivity index (χ4n) is 3.19. The first-order valence-corrected chi connectivity index (χ1v) is 8.87. The van der Waals surface area contributed by atoms with Gasteiger partial charge < -0.3 is 15.5 Å². The molecule has 1 heterocycles. The molecule has 25 heavy (non-hydrogen) atoms. The normalized spacial score (nSPS) is 23.0. The summed E-state index contributed by atoms with van der Waals surface area (Å²) in [5.41, 5.74) is 9.25. The summed E-state index contributed by atoms with van der Waals surface area (Å²) in [6.45, 7) is 3.87. The van der Waals surface area contributed by atoms with Crippen LogP contribution < -0.4 is 15.5 Å². The molecule has 1 atom stereocenters. The number of anilines is 1. The Kier molecular flexibility index (Phi) is 4.97.